The molecule has 0 aromatic heterocycles. The number of azide groups is 1. The van der Waals surface area contributed by atoms with Crippen LogP contribution in [0.2, 0.25) is 0 Å². The summed E-state index contributed by atoms with van der Waals surface area (Å²) in [5.41, 5.74) is 8.84. The predicted octanol–water partition coefficient (Wildman–Crippen LogP) is 0.380. The molecule has 0 bridgehead atoms. The van der Waals surface area contributed by atoms with Gasteiger partial charge in [0.05, 0.1) is 0 Å². The normalized spacial score (nSPS) is 27.5. The molecule has 144 valence electrons. The number of rotatable bonds is 6. The SMILES string of the molecule is CC(=O)OCC1O[C@H](OC(C)=O)C(OC(C)=O)[C@@H](N=[N+]=[N-])[C@H]1OC(C)=O. The van der Waals surface area contributed by atoms with Crippen LogP contribution < -0.4 is 0 Å². The second kappa shape index (κ2) is 9.59. The van der Waals surface area contributed by atoms with Crippen molar-refractivity contribution < 1.29 is 42.9 Å². The third kappa shape index (κ3) is 6.22. The fraction of sp³-hybridized carbons (Fsp3) is 0.714. The minimum absolute atomic E-state index is 0.380. The first-order valence-electron chi connectivity index (χ1n) is 7.50. The maximum absolute atomic E-state index is 11.4. The van der Waals surface area contributed by atoms with Crippen LogP contribution in [0.1, 0.15) is 27.7 Å². The molecule has 26 heavy (non-hydrogen) atoms. The molecule has 1 fully saturated rings. The largest absolute Gasteiger partial charge is 0.463 e. The zero-order valence-electron chi connectivity index (χ0n) is 14.6. The zero-order chi connectivity index (χ0) is 19.9. The number of esters is 4. The first kappa shape index (κ1) is 21.2. The second-order valence-electron chi connectivity index (χ2n) is 5.30. The molecule has 1 aliphatic rings. The molecule has 0 aliphatic carbocycles. The van der Waals surface area contributed by atoms with Crippen molar-refractivity contribution >= 4 is 23.9 Å². The molecule has 0 amide bonds. The highest BCUT2D eigenvalue weighted by Crippen LogP contribution is 2.29. The highest BCUT2D eigenvalue weighted by atomic mass is 16.7. The van der Waals surface area contributed by atoms with Crippen molar-refractivity contribution in [2.75, 3.05) is 6.61 Å². The molecule has 0 aromatic rings. The Bertz CT molecular complexity index is 617. The van der Waals surface area contributed by atoms with Crippen LogP contribution in [0.15, 0.2) is 5.11 Å². The maximum Gasteiger partial charge on any atom is 0.305 e. The molecule has 1 saturated heterocycles. The van der Waals surface area contributed by atoms with Crippen molar-refractivity contribution in [3.63, 3.8) is 0 Å². The Balaban J connectivity index is 3.27. The molecule has 1 heterocycles. The van der Waals surface area contributed by atoms with Gasteiger partial charge in [-0.25, -0.2) is 0 Å². The molecule has 1 rings (SSSR count). The maximum atomic E-state index is 11.4. The van der Waals surface area contributed by atoms with Gasteiger partial charge in [0.15, 0.2) is 6.10 Å². The fourth-order valence-electron chi connectivity index (χ4n) is 2.33. The van der Waals surface area contributed by atoms with E-state index >= 15 is 0 Å². The highest BCUT2D eigenvalue weighted by Gasteiger charge is 2.51. The minimum Gasteiger partial charge on any atom is -0.463 e. The first-order valence-corrected chi connectivity index (χ1v) is 7.50. The molecule has 0 radical (unpaired) electrons. The summed E-state index contributed by atoms with van der Waals surface area (Å²) in [6.07, 6.45) is -5.21. The molecule has 5 atom stereocenters. The first-order chi connectivity index (χ1) is 12.1. The van der Waals surface area contributed by atoms with E-state index in [1.54, 1.807) is 0 Å². The van der Waals surface area contributed by atoms with Crippen LogP contribution in [0.5, 0.6) is 0 Å². The Hall–Kier alpha value is -2.85. The number of nitrogens with zero attached hydrogens (tertiary/aromatic N) is 3. The molecule has 12 heteroatoms. The summed E-state index contributed by atoms with van der Waals surface area (Å²) in [5, 5.41) is 3.50. The van der Waals surface area contributed by atoms with E-state index in [9.17, 15) is 19.2 Å². The van der Waals surface area contributed by atoms with Crippen molar-refractivity contribution in [2.24, 2.45) is 5.11 Å². The Kier molecular flexibility index (Phi) is 7.81. The van der Waals surface area contributed by atoms with E-state index in [1.807, 2.05) is 0 Å². The van der Waals surface area contributed by atoms with E-state index in [0.717, 1.165) is 27.7 Å². The lowest BCUT2D eigenvalue weighted by Gasteiger charge is -2.42. The van der Waals surface area contributed by atoms with E-state index in [1.165, 1.54) is 0 Å². The molecule has 1 aliphatic heterocycles. The number of hydrogen-bond acceptors (Lipinski definition) is 10. The molecule has 0 spiro atoms. The van der Waals surface area contributed by atoms with Gasteiger partial charge in [-0.15, -0.1) is 0 Å². The Morgan fingerprint density at radius 3 is 1.92 bits per heavy atom. The number of hydrogen-bond donors (Lipinski definition) is 0. The van der Waals surface area contributed by atoms with E-state index < -0.39 is 54.5 Å². The fourth-order valence-corrected chi connectivity index (χ4v) is 2.33. The molecular weight excluding hydrogens is 354 g/mol. The van der Waals surface area contributed by atoms with Crippen molar-refractivity contribution in [3.05, 3.63) is 10.4 Å². The monoisotopic (exact) mass is 373 g/mol. The van der Waals surface area contributed by atoms with Crippen molar-refractivity contribution in [1.82, 2.24) is 0 Å². The number of carbonyl (C=O) groups excluding carboxylic acids is 4. The summed E-state index contributed by atoms with van der Waals surface area (Å²) < 4.78 is 25.5. The molecule has 0 saturated carbocycles. The van der Waals surface area contributed by atoms with Gasteiger partial charge >= 0.3 is 23.9 Å². The summed E-state index contributed by atoms with van der Waals surface area (Å²) in [4.78, 5) is 47.9. The predicted molar refractivity (Wildman–Crippen MR) is 81.1 cm³/mol. The molecular formula is C14H19N3O9. The van der Waals surface area contributed by atoms with E-state index in [4.69, 9.17) is 29.2 Å². The van der Waals surface area contributed by atoms with Gasteiger partial charge in [0.2, 0.25) is 6.29 Å². The van der Waals surface area contributed by atoms with Crippen LogP contribution in [-0.4, -0.2) is 61.1 Å². The van der Waals surface area contributed by atoms with Crippen LogP contribution in [0.3, 0.4) is 0 Å². The zero-order valence-corrected chi connectivity index (χ0v) is 14.6. The Morgan fingerprint density at radius 1 is 0.923 bits per heavy atom. The van der Waals surface area contributed by atoms with Crippen molar-refractivity contribution in [3.8, 4) is 0 Å². The van der Waals surface area contributed by atoms with Crippen LogP contribution in [0, 0.1) is 0 Å². The molecule has 2 unspecified atom stereocenters. The lowest BCUT2D eigenvalue weighted by molar-refractivity contribution is -0.275. The lowest BCUT2D eigenvalue weighted by Crippen LogP contribution is -2.61. The second-order valence-corrected chi connectivity index (χ2v) is 5.30. The topological polar surface area (TPSA) is 163 Å². The number of ether oxygens (including phenoxy) is 5. The van der Waals surface area contributed by atoms with Crippen LogP contribution in [0.25, 0.3) is 10.4 Å². The van der Waals surface area contributed by atoms with Crippen molar-refractivity contribution in [1.29, 1.82) is 0 Å². The van der Waals surface area contributed by atoms with Crippen molar-refractivity contribution in [2.45, 2.75) is 58.3 Å². The van der Waals surface area contributed by atoms with Crippen LogP contribution >= 0.6 is 0 Å². The van der Waals surface area contributed by atoms with Gasteiger partial charge < -0.3 is 23.7 Å². The summed E-state index contributed by atoms with van der Waals surface area (Å²) in [7, 11) is 0. The van der Waals surface area contributed by atoms with Gasteiger partial charge in [-0.3, -0.25) is 19.2 Å². The van der Waals surface area contributed by atoms with Gasteiger partial charge in [0.1, 0.15) is 24.9 Å². The number of carbonyl (C=O) groups is 4. The van der Waals surface area contributed by atoms with E-state index in [2.05, 4.69) is 10.0 Å². The van der Waals surface area contributed by atoms with Gasteiger partial charge in [0.25, 0.3) is 0 Å². The third-order valence-corrected chi connectivity index (χ3v) is 3.14. The summed E-state index contributed by atoms with van der Waals surface area (Å²) in [5.74, 6) is -2.91. The summed E-state index contributed by atoms with van der Waals surface area (Å²) >= 11 is 0. The molecule has 12 nitrogen and oxygen atoms in total. The smallest absolute Gasteiger partial charge is 0.305 e. The van der Waals surface area contributed by atoms with Gasteiger partial charge in [0, 0.05) is 32.6 Å². The third-order valence-electron chi connectivity index (χ3n) is 3.14. The lowest BCUT2D eigenvalue weighted by atomic mass is 9.96. The van der Waals surface area contributed by atoms with Gasteiger partial charge in [-0.05, 0) is 5.53 Å². The van der Waals surface area contributed by atoms with E-state index in [-0.39, 0.29) is 6.61 Å². The van der Waals surface area contributed by atoms with Gasteiger partial charge in [-0.2, -0.15) is 0 Å². The summed E-state index contributed by atoms with van der Waals surface area (Å²) in [6, 6.07) is -1.29. The Morgan fingerprint density at radius 2 is 1.46 bits per heavy atom. The Labute approximate surface area is 148 Å². The van der Waals surface area contributed by atoms with Gasteiger partial charge in [-0.1, -0.05) is 5.11 Å². The molecule has 0 aromatic carbocycles. The average molecular weight is 373 g/mol. The molecule has 0 N–H and O–H groups in total. The standard InChI is InChI=1S/C14H19N3O9/c1-6(18)22-5-10-12(23-7(2)19)11(16-17-15)13(24-8(3)20)14(26-10)25-9(4)21/h10-14H,5H2,1-4H3/t10?,11-,12-,13?,14-/m0/s1. The van der Waals surface area contributed by atoms with Crippen LogP contribution in [-0.2, 0) is 42.9 Å². The minimum atomic E-state index is -1.46. The summed E-state index contributed by atoms with van der Waals surface area (Å²) in [6.45, 7) is 4.06. The van der Waals surface area contributed by atoms with E-state index in [0.29, 0.717) is 0 Å². The highest BCUT2D eigenvalue weighted by molar-refractivity contribution is 5.68. The average Bonchev–Trinajstić information content (AvgIpc) is 2.50. The van der Waals surface area contributed by atoms with Crippen LogP contribution in [0.4, 0.5) is 0 Å². The quantitative estimate of drug-likeness (QED) is 0.210.